The Morgan fingerprint density at radius 2 is 2.17 bits per heavy atom. The summed E-state index contributed by atoms with van der Waals surface area (Å²) in [4.78, 5) is 15.8. The molecule has 2 fully saturated rings. The molecule has 2 heterocycles. The smallest absolute Gasteiger partial charge is 0.237 e. The molecule has 0 spiro atoms. The van der Waals surface area contributed by atoms with Gasteiger partial charge in [-0.2, -0.15) is 0 Å². The van der Waals surface area contributed by atoms with E-state index in [1.807, 2.05) is 0 Å². The zero-order valence-corrected chi connectivity index (χ0v) is 14.4. The lowest BCUT2D eigenvalue weighted by Crippen LogP contribution is -2.43. The Morgan fingerprint density at radius 3 is 3.04 bits per heavy atom. The summed E-state index contributed by atoms with van der Waals surface area (Å²) < 4.78 is 0. The molecule has 1 saturated carbocycles. The van der Waals surface area contributed by atoms with Crippen molar-refractivity contribution in [3.05, 3.63) is 35.5 Å². The number of H-pyrrole nitrogens is 1. The predicted octanol–water partition coefficient (Wildman–Crippen LogP) is 3.06. The largest absolute Gasteiger partial charge is 0.361 e. The van der Waals surface area contributed by atoms with Crippen LogP contribution in [0.2, 0.25) is 0 Å². The third kappa shape index (κ3) is 2.95. The van der Waals surface area contributed by atoms with E-state index in [1.165, 1.54) is 47.7 Å². The molecule has 0 bridgehead atoms. The highest BCUT2D eigenvalue weighted by molar-refractivity contribution is 5.86. The molecule has 1 aromatic carbocycles. The predicted molar refractivity (Wildman–Crippen MR) is 97.0 cm³/mol. The molecule has 0 radical (unpaired) electrons. The van der Waals surface area contributed by atoms with E-state index < -0.39 is 0 Å². The number of hydrogen-bond acceptors (Lipinski definition) is 2. The van der Waals surface area contributed by atoms with Crippen molar-refractivity contribution >= 4 is 16.8 Å². The van der Waals surface area contributed by atoms with Crippen molar-refractivity contribution in [1.82, 2.24) is 15.6 Å². The lowest BCUT2D eigenvalue weighted by Gasteiger charge is -2.24. The molecule has 4 rings (SSSR count). The standard InChI is InChI=1S/C20H27N3O/c1-13-5-4-7-16-15(12-22-19(13)16)9-10-21-20(24)18-11-14-6-2-3-8-17(14)23-18/h4-5,7,12,14,17-18,22-23H,2-3,6,8-11H2,1H3,(H,21,24). The van der Waals surface area contributed by atoms with E-state index >= 15 is 0 Å². The number of amides is 1. The van der Waals surface area contributed by atoms with Crippen LogP contribution in [0.5, 0.6) is 0 Å². The quantitative estimate of drug-likeness (QED) is 0.809. The number of aromatic nitrogens is 1. The van der Waals surface area contributed by atoms with E-state index in [-0.39, 0.29) is 11.9 Å². The minimum Gasteiger partial charge on any atom is -0.361 e. The van der Waals surface area contributed by atoms with Gasteiger partial charge in [0.2, 0.25) is 5.91 Å². The topological polar surface area (TPSA) is 56.9 Å². The first-order chi connectivity index (χ1) is 11.7. The maximum Gasteiger partial charge on any atom is 0.237 e. The van der Waals surface area contributed by atoms with Gasteiger partial charge in [0, 0.05) is 29.7 Å². The van der Waals surface area contributed by atoms with Gasteiger partial charge in [-0.25, -0.2) is 0 Å². The third-order valence-corrected chi connectivity index (χ3v) is 5.88. The van der Waals surface area contributed by atoms with Crippen LogP contribution in [0.25, 0.3) is 10.9 Å². The maximum absolute atomic E-state index is 12.5. The summed E-state index contributed by atoms with van der Waals surface area (Å²) in [5, 5.41) is 7.96. The highest BCUT2D eigenvalue weighted by atomic mass is 16.2. The van der Waals surface area contributed by atoms with Crippen molar-refractivity contribution in [1.29, 1.82) is 0 Å². The summed E-state index contributed by atoms with van der Waals surface area (Å²) in [5.74, 6) is 0.895. The number of rotatable bonds is 4. The molecule has 128 valence electrons. The monoisotopic (exact) mass is 325 g/mol. The average Bonchev–Trinajstić information content (AvgIpc) is 3.20. The van der Waals surface area contributed by atoms with Crippen molar-refractivity contribution in [2.24, 2.45) is 5.92 Å². The van der Waals surface area contributed by atoms with Gasteiger partial charge < -0.3 is 15.6 Å². The molecule has 4 heteroatoms. The van der Waals surface area contributed by atoms with Crippen LogP contribution in [0.1, 0.15) is 43.2 Å². The average molecular weight is 325 g/mol. The van der Waals surface area contributed by atoms with Crippen molar-refractivity contribution in [2.75, 3.05) is 6.54 Å². The fourth-order valence-corrected chi connectivity index (χ4v) is 4.54. The van der Waals surface area contributed by atoms with Gasteiger partial charge in [-0.1, -0.05) is 31.0 Å². The molecule has 2 aliphatic rings. The lowest BCUT2D eigenvalue weighted by molar-refractivity contribution is -0.122. The molecular formula is C20H27N3O. The van der Waals surface area contributed by atoms with Gasteiger partial charge in [0.1, 0.15) is 0 Å². The van der Waals surface area contributed by atoms with Gasteiger partial charge in [-0.05, 0) is 49.7 Å². The van der Waals surface area contributed by atoms with Crippen LogP contribution >= 0.6 is 0 Å². The van der Waals surface area contributed by atoms with Crippen molar-refractivity contribution in [3.63, 3.8) is 0 Å². The Bertz CT molecular complexity index is 722. The highest BCUT2D eigenvalue weighted by Crippen LogP contribution is 2.33. The summed E-state index contributed by atoms with van der Waals surface area (Å²) in [6, 6.07) is 6.96. The van der Waals surface area contributed by atoms with Gasteiger partial charge in [0.25, 0.3) is 0 Å². The second-order valence-corrected chi connectivity index (χ2v) is 7.46. The van der Waals surface area contributed by atoms with Crippen LogP contribution in [-0.2, 0) is 11.2 Å². The van der Waals surface area contributed by atoms with Crippen LogP contribution in [0, 0.1) is 12.8 Å². The highest BCUT2D eigenvalue weighted by Gasteiger charge is 2.37. The molecule has 24 heavy (non-hydrogen) atoms. The minimum absolute atomic E-state index is 0.0170. The van der Waals surface area contributed by atoms with E-state index in [1.54, 1.807) is 0 Å². The first kappa shape index (κ1) is 15.7. The number of aromatic amines is 1. The maximum atomic E-state index is 12.5. The molecule has 3 N–H and O–H groups in total. The van der Waals surface area contributed by atoms with E-state index in [2.05, 4.69) is 46.9 Å². The fourth-order valence-electron chi connectivity index (χ4n) is 4.54. The molecule has 3 unspecified atom stereocenters. The summed E-state index contributed by atoms with van der Waals surface area (Å²) in [7, 11) is 0. The van der Waals surface area contributed by atoms with Crippen LogP contribution in [0.15, 0.2) is 24.4 Å². The minimum atomic E-state index is 0.0170. The lowest BCUT2D eigenvalue weighted by atomic mass is 9.85. The number of aryl methyl sites for hydroxylation is 1. The van der Waals surface area contributed by atoms with E-state index in [9.17, 15) is 4.79 Å². The molecular weight excluding hydrogens is 298 g/mol. The second kappa shape index (κ2) is 6.60. The number of nitrogens with one attached hydrogen (secondary N) is 3. The van der Waals surface area contributed by atoms with Gasteiger partial charge in [-0.15, -0.1) is 0 Å². The number of carbonyl (C=O) groups excluding carboxylic acids is 1. The Balaban J connectivity index is 1.32. The molecule has 1 aliphatic heterocycles. The van der Waals surface area contributed by atoms with Crippen molar-refractivity contribution in [3.8, 4) is 0 Å². The van der Waals surface area contributed by atoms with Gasteiger partial charge in [-0.3, -0.25) is 4.79 Å². The van der Waals surface area contributed by atoms with Gasteiger partial charge in [0.05, 0.1) is 6.04 Å². The van der Waals surface area contributed by atoms with Crippen molar-refractivity contribution in [2.45, 2.75) is 57.5 Å². The van der Waals surface area contributed by atoms with E-state index in [4.69, 9.17) is 0 Å². The first-order valence-electron chi connectivity index (χ1n) is 9.31. The van der Waals surface area contributed by atoms with Crippen LogP contribution in [0.4, 0.5) is 0 Å². The Hall–Kier alpha value is -1.81. The van der Waals surface area contributed by atoms with Gasteiger partial charge in [0.15, 0.2) is 0 Å². The summed E-state index contributed by atoms with van der Waals surface area (Å²) >= 11 is 0. The van der Waals surface area contributed by atoms with E-state index in [0.29, 0.717) is 18.5 Å². The Labute approximate surface area is 143 Å². The van der Waals surface area contributed by atoms with Crippen molar-refractivity contribution < 1.29 is 4.79 Å². The normalized spacial score (nSPS) is 26.5. The molecule has 3 atom stereocenters. The summed E-state index contributed by atoms with van der Waals surface area (Å²) in [5.41, 5.74) is 3.75. The second-order valence-electron chi connectivity index (χ2n) is 7.46. The Morgan fingerprint density at radius 1 is 1.29 bits per heavy atom. The molecule has 4 nitrogen and oxygen atoms in total. The summed E-state index contributed by atoms with van der Waals surface area (Å²) in [6.45, 7) is 2.82. The van der Waals surface area contributed by atoms with Crippen LogP contribution in [-0.4, -0.2) is 29.5 Å². The molecule has 1 aliphatic carbocycles. The number of benzene rings is 1. The van der Waals surface area contributed by atoms with Crippen LogP contribution in [0.3, 0.4) is 0 Å². The number of hydrogen-bond donors (Lipinski definition) is 3. The number of fused-ring (bicyclic) bond motifs is 2. The zero-order valence-electron chi connectivity index (χ0n) is 14.4. The number of para-hydroxylation sites is 1. The SMILES string of the molecule is Cc1cccc2c(CCNC(=O)C3CC4CCCCC4N3)c[nH]c12. The third-order valence-electron chi connectivity index (χ3n) is 5.88. The fraction of sp³-hybridized carbons (Fsp3) is 0.550. The zero-order chi connectivity index (χ0) is 16.5. The molecule has 1 amide bonds. The number of carbonyl (C=O) groups is 1. The van der Waals surface area contributed by atoms with Crippen LogP contribution < -0.4 is 10.6 Å². The first-order valence-corrected chi connectivity index (χ1v) is 9.31. The molecule has 2 aromatic rings. The molecule has 1 aromatic heterocycles. The van der Waals surface area contributed by atoms with Gasteiger partial charge >= 0.3 is 0 Å². The summed E-state index contributed by atoms with van der Waals surface area (Å²) in [6.07, 6.45) is 9.13. The molecule has 1 saturated heterocycles. The van der Waals surface area contributed by atoms with E-state index in [0.717, 1.165) is 12.8 Å². The Kier molecular flexibility index (Phi) is 4.31.